The maximum atomic E-state index is 12.7. The highest BCUT2D eigenvalue weighted by Gasteiger charge is 2.56. The largest absolute Gasteiger partial charge is 0.397 e. The Bertz CT molecular complexity index is 986. The molecule has 1 aromatic carbocycles. The lowest BCUT2D eigenvalue weighted by Crippen LogP contribution is -2.50. The van der Waals surface area contributed by atoms with Crippen LogP contribution in [0, 0.1) is 5.41 Å². The van der Waals surface area contributed by atoms with Gasteiger partial charge in [0, 0.05) is 32.2 Å². The molecular weight excluding hydrogens is 420 g/mol. The molecule has 0 radical (unpaired) electrons. The van der Waals surface area contributed by atoms with Crippen molar-refractivity contribution in [2.75, 3.05) is 13.1 Å². The lowest BCUT2D eigenvalue weighted by atomic mass is 9.91. The van der Waals surface area contributed by atoms with Gasteiger partial charge in [0.05, 0.1) is 11.4 Å². The van der Waals surface area contributed by atoms with Crippen LogP contribution in [0.1, 0.15) is 43.2 Å². The molecular formula is C25H32N4O4. The highest BCUT2D eigenvalue weighted by Crippen LogP contribution is 2.54. The molecule has 2 aliphatic carbocycles. The summed E-state index contributed by atoms with van der Waals surface area (Å²) in [6, 6.07) is 7.64. The van der Waals surface area contributed by atoms with Crippen LogP contribution in [0.3, 0.4) is 0 Å². The second kappa shape index (κ2) is 8.50. The first-order valence-electron chi connectivity index (χ1n) is 11.8. The molecule has 0 bridgehead atoms. The smallest absolute Gasteiger partial charge is 0.255 e. The maximum Gasteiger partial charge on any atom is 0.255 e. The van der Waals surface area contributed by atoms with Gasteiger partial charge in [-0.2, -0.15) is 0 Å². The van der Waals surface area contributed by atoms with E-state index in [-0.39, 0.29) is 11.5 Å². The Morgan fingerprint density at radius 1 is 1.03 bits per heavy atom. The van der Waals surface area contributed by atoms with E-state index in [0.717, 1.165) is 67.7 Å². The maximum absolute atomic E-state index is 12.7. The minimum absolute atomic E-state index is 0.0329. The quantitative estimate of drug-likeness (QED) is 0.523. The third-order valence-corrected chi connectivity index (χ3v) is 7.74. The molecule has 33 heavy (non-hydrogen) atoms. The standard InChI is InChI=1S/C25H32N4O4/c26-18-7-3-4-8-19(18)28-11-9-25(10-12-28)13-20(25)27-23(32)21(30)22(31)24(33)29-14-16-5-1-2-6-17(16)15-29/h1-2,5-8,20-22,30-31H,3-4,9-15,26H2,(H,27,32)/t20?,21-,22-/m1/s1. The number of likely N-dealkylation sites (tertiary alicyclic amines) is 1. The van der Waals surface area contributed by atoms with Crippen molar-refractivity contribution in [2.45, 2.75) is 63.4 Å². The summed E-state index contributed by atoms with van der Waals surface area (Å²) in [6.07, 6.45) is 5.46. The summed E-state index contributed by atoms with van der Waals surface area (Å²) in [7, 11) is 0. The van der Waals surface area contributed by atoms with E-state index in [9.17, 15) is 19.8 Å². The Kier molecular flexibility index (Phi) is 5.66. The van der Waals surface area contributed by atoms with Gasteiger partial charge in [-0.25, -0.2) is 0 Å². The molecule has 2 heterocycles. The average Bonchev–Trinajstić information content (AvgIpc) is 3.28. The third-order valence-electron chi connectivity index (χ3n) is 7.74. The molecule has 4 aliphatic rings. The number of amides is 2. The number of allylic oxidation sites excluding steroid dienone is 2. The summed E-state index contributed by atoms with van der Waals surface area (Å²) in [5.74, 6) is -1.31. The molecule has 8 heteroatoms. The molecule has 1 saturated heterocycles. The van der Waals surface area contributed by atoms with Crippen molar-refractivity contribution in [1.29, 1.82) is 0 Å². The molecule has 1 aromatic rings. The first kappa shape index (κ1) is 22.0. The van der Waals surface area contributed by atoms with Crippen LogP contribution < -0.4 is 11.1 Å². The monoisotopic (exact) mass is 452 g/mol. The second-order valence-corrected chi connectivity index (χ2v) is 9.79. The molecule has 1 spiro atoms. The van der Waals surface area contributed by atoms with E-state index in [2.05, 4.69) is 22.4 Å². The molecule has 2 aliphatic heterocycles. The van der Waals surface area contributed by atoms with Gasteiger partial charge in [-0.1, -0.05) is 36.4 Å². The van der Waals surface area contributed by atoms with Crippen LogP contribution in [0.25, 0.3) is 0 Å². The summed E-state index contributed by atoms with van der Waals surface area (Å²) in [6.45, 7) is 2.51. The Hall–Kier alpha value is -2.84. The number of benzene rings is 1. The van der Waals surface area contributed by atoms with Crippen LogP contribution in [-0.2, 0) is 22.7 Å². The SMILES string of the molecule is NC1=CCCC=C1N1CCC2(CC1)CC2NC(=O)[C@H](O)[C@@H](O)C(=O)N1Cc2ccccc2C1. The fraction of sp³-hybridized carbons (Fsp3) is 0.520. The lowest BCUT2D eigenvalue weighted by molar-refractivity contribution is -0.153. The molecule has 2 amide bonds. The Labute approximate surface area is 193 Å². The van der Waals surface area contributed by atoms with Crippen LogP contribution in [0.15, 0.2) is 47.8 Å². The summed E-state index contributed by atoms with van der Waals surface area (Å²) in [4.78, 5) is 29.1. The van der Waals surface area contributed by atoms with E-state index in [1.54, 1.807) is 0 Å². The topological polar surface area (TPSA) is 119 Å². The normalized spacial score (nSPS) is 25.1. The number of rotatable bonds is 5. The van der Waals surface area contributed by atoms with E-state index in [1.807, 2.05) is 24.3 Å². The van der Waals surface area contributed by atoms with Crippen molar-refractivity contribution in [3.63, 3.8) is 0 Å². The zero-order chi connectivity index (χ0) is 23.2. The minimum atomic E-state index is -1.78. The molecule has 0 aromatic heterocycles. The molecule has 1 saturated carbocycles. The van der Waals surface area contributed by atoms with Crippen LogP contribution in [0.4, 0.5) is 0 Å². The number of piperidine rings is 1. The van der Waals surface area contributed by atoms with Crippen molar-refractivity contribution in [3.8, 4) is 0 Å². The summed E-state index contributed by atoms with van der Waals surface area (Å²) < 4.78 is 0. The number of nitrogens with two attached hydrogens (primary N) is 1. The number of fused-ring (bicyclic) bond motifs is 1. The third kappa shape index (κ3) is 4.13. The number of nitrogens with one attached hydrogen (secondary N) is 1. The number of hydrogen-bond acceptors (Lipinski definition) is 6. The lowest BCUT2D eigenvalue weighted by Gasteiger charge is -2.37. The van der Waals surface area contributed by atoms with E-state index in [1.165, 1.54) is 4.90 Å². The van der Waals surface area contributed by atoms with Gasteiger partial charge in [0.1, 0.15) is 0 Å². The van der Waals surface area contributed by atoms with Gasteiger partial charge in [0.25, 0.3) is 11.8 Å². The van der Waals surface area contributed by atoms with Crippen molar-refractivity contribution < 1.29 is 19.8 Å². The average molecular weight is 453 g/mol. The van der Waals surface area contributed by atoms with E-state index >= 15 is 0 Å². The van der Waals surface area contributed by atoms with Crippen LogP contribution in [0.5, 0.6) is 0 Å². The second-order valence-electron chi connectivity index (χ2n) is 9.79. The molecule has 5 N–H and O–H groups in total. The first-order valence-corrected chi connectivity index (χ1v) is 11.8. The zero-order valence-corrected chi connectivity index (χ0v) is 18.7. The Balaban J connectivity index is 1.12. The van der Waals surface area contributed by atoms with Crippen LogP contribution in [-0.4, -0.2) is 63.2 Å². The number of aliphatic hydroxyl groups is 2. The van der Waals surface area contributed by atoms with Gasteiger partial charge in [0.2, 0.25) is 0 Å². The van der Waals surface area contributed by atoms with Gasteiger partial charge >= 0.3 is 0 Å². The Morgan fingerprint density at radius 2 is 1.67 bits per heavy atom. The van der Waals surface area contributed by atoms with Crippen molar-refractivity contribution in [1.82, 2.24) is 15.1 Å². The molecule has 5 rings (SSSR count). The molecule has 176 valence electrons. The van der Waals surface area contributed by atoms with E-state index < -0.39 is 24.0 Å². The number of carbonyl (C=O) groups excluding carboxylic acids is 2. The number of hydrogen-bond donors (Lipinski definition) is 4. The van der Waals surface area contributed by atoms with E-state index in [4.69, 9.17) is 5.73 Å². The predicted molar refractivity (Wildman–Crippen MR) is 122 cm³/mol. The van der Waals surface area contributed by atoms with Gasteiger partial charge in [-0.05, 0) is 48.6 Å². The van der Waals surface area contributed by atoms with Crippen LogP contribution >= 0.6 is 0 Å². The number of carbonyl (C=O) groups is 2. The van der Waals surface area contributed by atoms with Gasteiger partial charge in [-0.15, -0.1) is 0 Å². The van der Waals surface area contributed by atoms with Gasteiger partial charge in [-0.3, -0.25) is 9.59 Å². The summed E-state index contributed by atoms with van der Waals surface area (Å²) in [5.41, 5.74) is 10.2. The minimum Gasteiger partial charge on any atom is -0.397 e. The van der Waals surface area contributed by atoms with Crippen molar-refractivity contribution >= 4 is 11.8 Å². The molecule has 2 fully saturated rings. The highest BCUT2D eigenvalue weighted by atomic mass is 16.3. The fourth-order valence-corrected chi connectivity index (χ4v) is 5.50. The fourth-order valence-electron chi connectivity index (χ4n) is 5.50. The summed E-state index contributed by atoms with van der Waals surface area (Å²) in [5, 5.41) is 23.7. The summed E-state index contributed by atoms with van der Waals surface area (Å²) >= 11 is 0. The molecule has 3 atom stereocenters. The van der Waals surface area contributed by atoms with Crippen LogP contribution in [0.2, 0.25) is 0 Å². The highest BCUT2D eigenvalue weighted by molar-refractivity contribution is 5.91. The predicted octanol–water partition coefficient (Wildman–Crippen LogP) is 0.742. The molecule has 8 nitrogen and oxygen atoms in total. The number of nitrogens with zero attached hydrogens (tertiary/aromatic N) is 2. The van der Waals surface area contributed by atoms with Crippen molar-refractivity contribution in [2.24, 2.45) is 11.1 Å². The van der Waals surface area contributed by atoms with Gasteiger partial charge in [0.15, 0.2) is 12.2 Å². The Morgan fingerprint density at radius 3 is 2.30 bits per heavy atom. The van der Waals surface area contributed by atoms with E-state index in [0.29, 0.717) is 13.1 Å². The van der Waals surface area contributed by atoms with Gasteiger partial charge < -0.3 is 31.1 Å². The number of aliphatic hydroxyl groups excluding tert-OH is 2. The zero-order valence-electron chi connectivity index (χ0n) is 18.7. The van der Waals surface area contributed by atoms with Crippen molar-refractivity contribution in [3.05, 3.63) is 58.9 Å². The first-order chi connectivity index (χ1) is 15.9. The molecule has 1 unspecified atom stereocenters.